The van der Waals surface area contributed by atoms with E-state index in [-0.39, 0.29) is 11.8 Å². The summed E-state index contributed by atoms with van der Waals surface area (Å²) in [4.78, 5) is 18.9. The number of hydrogen-bond acceptors (Lipinski definition) is 3. The summed E-state index contributed by atoms with van der Waals surface area (Å²) in [5.41, 5.74) is 0. The van der Waals surface area contributed by atoms with Gasteiger partial charge < -0.3 is 16.0 Å². The van der Waals surface area contributed by atoms with Gasteiger partial charge >= 0.3 is 0 Å². The summed E-state index contributed by atoms with van der Waals surface area (Å²) >= 11 is 0. The van der Waals surface area contributed by atoms with Crippen molar-refractivity contribution in [1.29, 1.82) is 0 Å². The largest absolute Gasteiger partial charge is 0.357 e. The molecule has 0 aromatic rings. The molecule has 0 bridgehead atoms. The first-order chi connectivity index (χ1) is 11.8. The van der Waals surface area contributed by atoms with E-state index in [1.807, 2.05) is 0 Å². The van der Waals surface area contributed by atoms with E-state index >= 15 is 0 Å². The first-order valence-electron chi connectivity index (χ1n) is 9.80. The quantitative estimate of drug-likeness (QED) is 0.299. The van der Waals surface area contributed by atoms with Crippen LogP contribution in [0.3, 0.4) is 0 Å². The lowest BCUT2D eigenvalue weighted by Crippen LogP contribution is -2.42. The third-order valence-corrected chi connectivity index (χ3v) is 4.92. The summed E-state index contributed by atoms with van der Waals surface area (Å²) in [5, 5.41) is 9.57. The minimum absolute atomic E-state index is 0.207. The van der Waals surface area contributed by atoms with Gasteiger partial charge in [-0.25, -0.2) is 0 Å². The molecule has 0 unspecified atom stereocenters. The molecule has 0 aliphatic heterocycles. The molecule has 0 spiro atoms. The van der Waals surface area contributed by atoms with E-state index in [0.29, 0.717) is 6.54 Å². The molecular weight excluding hydrogens is 302 g/mol. The van der Waals surface area contributed by atoms with Crippen molar-refractivity contribution in [3.63, 3.8) is 0 Å². The maximum atomic E-state index is 11.6. The van der Waals surface area contributed by atoms with E-state index in [2.05, 4.69) is 27.8 Å². The molecular formula is C18H33N5O. The molecule has 3 aliphatic carbocycles. The summed E-state index contributed by atoms with van der Waals surface area (Å²) in [6.07, 6.45) is 7.70. The Morgan fingerprint density at radius 3 is 2.42 bits per heavy atom. The van der Waals surface area contributed by atoms with Crippen LogP contribution in [0.4, 0.5) is 0 Å². The van der Waals surface area contributed by atoms with Crippen molar-refractivity contribution in [3.05, 3.63) is 0 Å². The Hall–Kier alpha value is -1.30. The van der Waals surface area contributed by atoms with Crippen molar-refractivity contribution in [3.8, 4) is 0 Å². The maximum Gasteiger partial charge on any atom is 0.223 e. The van der Waals surface area contributed by atoms with Crippen molar-refractivity contribution in [2.24, 2.45) is 16.8 Å². The minimum atomic E-state index is 0.207. The number of carbonyl (C=O) groups excluding carboxylic acids is 1. The van der Waals surface area contributed by atoms with Gasteiger partial charge in [0.25, 0.3) is 0 Å². The van der Waals surface area contributed by atoms with E-state index in [9.17, 15) is 4.79 Å². The molecule has 0 heterocycles. The van der Waals surface area contributed by atoms with Gasteiger partial charge in [-0.3, -0.25) is 14.7 Å². The number of aliphatic imine (C=N–C) groups is 1. The van der Waals surface area contributed by atoms with E-state index < -0.39 is 0 Å². The van der Waals surface area contributed by atoms with Crippen molar-refractivity contribution >= 4 is 11.9 Å². The Balaban J connectivity index is 1.33. The zero-order chi connectivity index (χ0) is 16.8. The molecule has 3 rings (SSSR count). The second-order valence-electron chi connectivity index (χ2n) is 7.42. The first-order valence-corrected chi connectivity index (χ1v) is 9.80. The van der Waals surface area contributed by atoms with Crippen LogP contribution < -0.4 is 16.0 Å². The number of carbonyl (C=O) groups is 1. The number of hydrogen-bond donors (Lipinski definition) is 3. The van der Waals surface area contributed by atoms with Crippen molar-refractivity contribution in [2.45, 2.75) is 51.5 Å². The lowest BCUT2D eigenvalue weighted by molar-refractivity contribution is -0.122. The zero-order valence-electron chi connectivity index (χ0n) is 15.0. The molecule has 6 heteroatoms. The number of nitrogens with zero attached hydrogens (tertiary/aromatic N) is 2. The van der Waals surface area contributed by atoms with Crippen LogP contribution >= 0.6 is 0 Å². The molecule has 1 amide bonds. The molecule has 136 valence electrons. The third-order valence-electron chi connectivity index (χ3n) is 4.92. The molecule has 3 saturated carbocycles. The van der Waals surface area contributed by atoms with Gasteiger partial charge in [0, 0.05) is 44.7 Å². The van der Waals surface area contributed by atoms with E-state index in [0.717, 1.165) is 56.9 Å². The van der Waals surface area contributed by atoms with Gasteiger partial charge in [0.1, 0.15) is 0 Å². The molecule has 24 heavy (non-hydrogen) atoms. The van der Waals surface area contributed by atoms with Gasteiger partial charge in [-0.15, -0.1) is 0 Å². The maximum absolute atomic E-state index is 11.6. The van der Waals surface area contributed by atoms with Crippen LogP contribution in [0.15, 0.2) is 4.99 Å². The molecule has 0 atom stereocenters. The van der Waals surface area contributed by atoms with Crippen molar-refractivity contribution < 1.29 is 4.79 Å². The monoisotopic (exact) mass is 335 g/mol. The molecule has 6 nitrogen and oxygen atoms in total. The van der Waals surface area contributed by atoms with Crippen LogP contribution in [-0.4, -0.2) is 62.1 Å². The summed E-state index contributed by atoms with van der Waals surface area (Å²) in [5.74, 6) is 2.31. The predicted molar refractivity (Wildman–Crippen MR) is 97.0 cm³/mol. The normalized spacial score (nSPS) is 21.0. The van der Waals surface area contributed by atoms with Crippen molar-refractivity contribution in [1.82, 2.24) is 20.9 Å². The lowest BCUT2D eigenvalue weighted by Gasteiger charge is -2.21. The van der Waals surface area contributed by atoms with E-state index in [1.54, 1.807) is 0 Å². The number of nitrogens with one attached hydrogen (secondary N) is 3. The van der Waals surface area contributed by atoms with Crippen LogP contribution in [-0.2, 0) is 4.79 Å². The number of rotatable bonds is 11. The highest BCUT2D eigenvalue weighted by Gasteiger charge is 2.33. The second-order valence-corrected chi connectivity index (χ2v) is 7.42. The zero-order valence-corrected chi connectivity index (χ0v) is 15.0. The standard InChI is InChI=1S/C18H33N5O/c1-2-19-18(21-10-9-20-17(24)15-5-6-15)22-11-12-23(16-7-8-16)13-14-3-4-14/h14-16H,2-13H2,1H3,(H,20,24)(H2,19,21,22). The molecule has 0 radical (unpaired) electrons. The van der Waals surface area contributed by atoms with Gasteiger partial charge in [0.05, 0.1) is 6.54 Å². The summed E-state index contributed by atoms with van der Waals surface area (Å²) in [6.45, 7) is 7.50. The SMILES string of the molecule is CCNC(=NCCN(CC1CC1)C1CC1)NCCNC(=O)C1CC1. The highest BCUT2D eigenvalue weighted by atomic mass is 16.2. The van der Waals surface area contributed by atoms with Crippen LogP contribution in [0.5, 0.6) is 0 Å². The van der Waals surface area contributed by atoms with Crippen LogP contribution in [0.2, 0.25) is 0 Å². The van der Waals surface area contributed by atoms with Gasteiger partial charge in [-0.2, -0.15) is 0 Å². The fourth-order valence-corrected chi connectivity index (χ4v) is 2.98. The second kappa shape index (κ2) is 8.70. The summed E-state index contributed by atoms with van der Waals surface area (Å²) in [7, 11) is 0. The van der Waals surface area contributed by atoms with Gasteiger partial charge in [0.15, 0.2) is 5.96 Å². The molecule has 0 aromatic heterocycles. The highest BCUT2D eigenvalue weighted by Crippen LogP contribution is 2.34. The van der Waals surface area contributed by atoms with Gasteiger partial charge in [0.2, 0.25) is 5.91 Å². The fourth-order valence-electron chi connectivity index (χ4n) is 2.98. The highest BCUT2D eigenvalue weighted by molar-refractivity contribution is 5.81. The predicted octanol–water partition coefficient (Wildman–Crippen LogP) is 0.942. The first kappa shape index (κ1) is 17.5. The number of amides is 1. The molecule has 3 N–H and O–H groups in total. The topological polar surface area (TPSA) is 68.8 Å². The van der Waals surface area contributed by atoms with E-state index in [1.165, 1.54) is 32.2 Å². The van der Waals surface area contributed by atoms with Crippen molar-refractivity contribution in [2.75, 3.05) is 39.3 Å². The molecule has 3 fully saturated rings. The van der Waals surface area contributed by atoms with Gasteiger partial charge in [-0.05, 0) is 51.4 Å². The Morgan fingerprint density at radius 1 is 1.04 bits per heavy atom. The minimum Gasteiger partial charge on any atom is -0.357 e. The molecule has 3 aliphatic rings. The molecule has 0 aromatic carbocycles. The lowest BCUT2D eigenvalue weighted by atomic mass is 10.3. The molecule has 0 saturated heterocycles. The Bertz CT molecular complexity index is 441. The number of guanidine groups is 1. The summed E-state index contributed by atoms with van der Waals surface area (Å²) < 4.78 is 0. The van der Waals surface area contributed by atoms with Crippen LogP contribution in [0.25, 0.3) is 0 Å². The van der Waals surface area contributed by atoms with Gasteiger partial charge in [-0.1, -0.05) is 0 Å². The van der Waals surface area contributed by atoms with Crippen LogP contribution in [0.1, 0.15) is 45.4 Å². The fraction of sp³-hybridized carbons (Fsp3) is 0.889. The van der Waals surface area contributed by atoms with Crippen LogP contribution in [0, 0.1) is 11.8 Å². The summed E-state index contributed by atoms with van der Waals surface area (Å²) in [6, 6.07) is 0.828. The Morgan fingerprint density at radius 2 is 1.79 bits per heavy atom. The Kier molecular flexibility index (Phi) is 6.35. The average Bonchev–Trinajstić information content (AvgIpc) is 3.40. The van der Waals surface area contributed by atoms with E-state index in [4.69, 9.17) is 4.99 Å². The smallest absolute Gasteiger partial charge is 0.223 e. The average molecular weight is 335 g/mol. The Labute approximate surface area is 145 Å². The third kappa shape index (κ3) is 6.30.